The molecule has 1 aliphatic heterocycles. The van der Waals surface area contributed by atoms with Gasteiger partial charge in [-0.25, -0.2) is 0 Å². The molecule has 0 N–H and O–H groups in total. The van der Waals surface area contributed by atoms with E-state index in [0.717, 1.165) is 31.0 Å². The average Bonchev–Trinajstić information content (AvgIpc) is 3.01. The van der Waals surface area contributed by atoms with E-state index in [1.807, 2.05) is 19.1 Å². The number of benzene rings is 1. The Bertz CT molecular complexity index is 552. The lowest BCUT2D eigenvalue weighted by Crippen LogP contribution is -2.20. The third-order valence-electron chi connectivity index (χ3n) is 3.51. The number of hydrogen-bond donors (Lipinski definition) is 0. The van der Waals surface area contributed by atoms with Crippen LogP contribution in [-0.2, 0) is 6.42 Å². The predicted molar refractivity (Wildman–Crippen MR) is 74.5 cm³/mol. The number of anilines is 1. The van der Waals surface area contributed by atoms with E-state index in [1.165, 1.54) is 5.56 Å². The van der Waals surface area contributed by atoms with Crippen molar-refractivity contribution in [3.05, 3.63) is 40.7 Å². The molecule has 4 nitrogen and oxygen atoms in total. The summed E-state index contributed by atoms with van der Waals surface area (Å²) in [7, 11) is 0. The van der Waals surface area contributed by atoms with Crippen LogP contribution >= 0.6 is 11.6 Å². The Morgan fingerprint density at radius 3 is 2.79 bits per heavy atom. The third kappa shape index (κ3) is 2.89. The molecule has 1 aromatic carbocycles. The molecule has 100 valence electrons. The van der Waals surface area contributed by atoms with Crippen molar-refractivity contribution >= 4 is 17.6 Å². The molecule has 2 aromatic rings. The third-order valence-corrected chi connectivity index (χ3v) is 3.76. The van der Waals surface area contributed by atoms with Crippen LogP contribution in [0.2, 0.25) is 5.02 Å². The van der Waals surface area contributed by atoms with Gasteiger partial charge in [0.1, 0.15) is 0 Å². The van der Waals surface area contributed by atoms with Crippen molar-refractivity contribution in [2.45, 2.75) is 19.8 Å². The topological polar surface area (TPSA) is 42.2 Å². The van der Waals surface area contributed by atoms with E-state index < -0.39 is 0 Å². The molecule has 1 saturated heterocycles. The molecule has 0 saturated carbocycles. The fourth-order valence-electron chi connectivity index (χ4n) is 2.54. The first-order chi connectivity index (χ1) is 9.20. The Hall–Kier alpha value is -1.55. The van der Waals surface area contributed by atoms with Crippen molar-refractivity contribution in [3.8, 4) is 0 Å². The van der Waals surface area contributed by atoms with Gasteiger partial charge in [0.2, 0.25) is 5.89 Å². The maximum atomic E-state index is 5.90. The summed E-state index contributed by atoms with van der Waals surface area (Å²) >= 11 is 5.90. The molecule has 0 radical (unpaired) electrons. The molecule has 0 bridgehead atoms. The van der Waals surface area contributed by atoms with Crippen LogP contribution in [0.4, 0.5) is 6.01 Å². The average molecular weight is 278 g/mol. The molecule has 1 aliphatic rings. The van der Waals surface area contributed by atoms with Gasteiger partial charge in [0.25, 0.3) is 0 Å². The van der Waals surface area contributed by atoms with Gasteiger partial charge in [0.15, 0.2) is 0 Å². The van der Waals surface area contributed by atoms with Crippen LogP contribution in [0.5, 0.6) is 0 Å². The summed E-state index contributed by atoms with van der Waals surface area (Å²) in [5, 5.41) is 8.74. The first-order valence-electron chi connectivity index (χ1n) is 6.50. The van der Waals surface area contributed by atoms with Crippen LogP contribution in [0, 0.1) is 12.8 Å². The Morgan fingerprint density at radius 2 is 2.11 bits per heavy atom. The molecule has 0 aliphatic carbocycles. The highest BCUT2D eigenvalue weighted by molar-refractivity contribution is 6.30. The predicted octanol–water partition coefficient (Wildman–Crippen LogP) is 3.10. The lowest BCUT2D eigenvalue weighted by molar-refractivity contribution is 0.508. The first-order valence-corrected chi connectivity index (χ1v) is 6.88. The molecule has 0 amide bonds. The number of rotatable bonds is 3. The summed E-state index contributed by atoms with van der Waals surface area (Å²) < 4.78 is 5.47. The maximum absolute atomic E-state index is 5.90. The normalized spacial score (nSPS) is 19.1. The molecule has 1 fully saturated rings. The zero-order chi connectivity index (χ0) is 13.2. The minimum atomic E-state index is 0.621. The van der Waals surface area contributed by atoms with E-state index >= 15 is 0 Å². The standard InChI is InChI=1S/C14H16ClN3O/c1-10-16-17-14(19-10)18-7-6-12(9-18)8-11-2-4-13(15)5-3-11/h2-5,12H,6-9H2,1H3. The molecule has 2 heterocycles. The van der Waals surface area contributed by atoms with Crippen molar-refractivity contribution in [1.82, 2.24) is 10.2 Å². The van der Waals surface area contributed by atoms with Crippen LogP contribution < -0.4 is 4.90 Å². The van der Waals surface area contributed by atoms with E-state index in [1.54, 1.807) is 0 Å². The highest BCUT2D eigenvalue weighted by Gasteiger charge is 2.25. The maximum Gasteiger partial charge on any atom is 0.318 e. The molecular formula is C14H16ClN3O. The molecule has 0 spiro atoms. The second-order valence-electron chi connectivity index (χ2n) is 5.03. The highest BCUT2D eigenvalue weighted by atomic mass is 35.5. The van der Waals surface area contributed by atoms with Gasteiger partial charge in [-0.3, -0.25) is 0 Å². The minimum Gasteiger partial charge on any atom is -0.408 e. The SMILES string of the molecule is Cc1nnc(N2CCC(Cc3ccc(Cl)cc3)C2)o1. The lowest BCUT2D eigenvalue weighted by atomic mass is 9.99. The number of hydrogen-bond acceptors (Lipinski definition) is 4. The van der Waals surface area contributed by atoms with E-state index in [0.29, 0.717) is 17.8 Å². The summed E-state index contributed by atoms with van der Waals surface area (Å²) in [6.07, 6.45) is 2.23. The van der Waals surface area contributed by atoms with Gasteiger partial charge in [0, 0.05) is 25.0 Å². The molecule has 1 unspecified atom stereocenters. The van der Waals surface area contributed by atoms with Gasteiger partial charge in [-0.05, 0) is 36.5 Å². The number of nitrogens with zero attached hydrogens (tertiary/aromatic N) is 3. The monoisotopic (exact) mass is 277 g/mol. The van der Waals surface area contributed by atoms with Gasteiger partial charge in [-0.1, -0.05) is 28.8 Å². The zero-order valence-corrected chi connectivity index (χ0v) is 11.6. The molecular weight excluding hydrogens is 262 g/mol. The van der Waals surface area contributed by atoms with Gasteiger partial charge >= 0.3 is 6.01 Å². The van der Waals surface area contributed by atoms with Crippen LogP contribution in [0.25, 0.3) is 0 Å². The quantitative estimate of drug-likeness (QED) is 0.865. The molecule has 1 aromatic heterocycles. The Labute approximate surface area is 117 Å². The first kappa shape index (κ1) is 12.5. The van der Waals surface area contributed by atoms with E-state index in [2.05, 4.69) is 27.2 Å². The van der Waals surface area contributed by atoms with Gasteiger partial charge in [0.05, 0.1) is 0 Å². The van der Waals surface area contributed by atoms with Crippen LogP contribution in [0.3, 0.4) is 0 Å². The summed E-state index contributed by atoms with van der Waals surface area (Å²) in [5.41, 5.74) is 1.33. The second-order valence-corrected chi connectivity index (χ2v) is 5.47. The largest absolute Gasteiger partial charge is 0.408 e. The van der Waals surface area contributed by atoms with Gasteiger partial charge < -0.3 is 9.32 Å². The molecule has 3 rings (SSSR count). The van der Waals surface area contributed by atoms with E-state index in [4.69, 9.17) is 16.0 Å². The van der Waals surface area contributed by atoms with E-state index in [-0.39, 0.29) is 0 Å². The van der Waals surface area contributed by atoms with Gasteiger partial charge in [-0.15, -0.1) is 5.10 Å². The van der Waals surface area contributed by atoms with Crippen molar-refractivity contribution in [3.63, 3.8) is 0 Å². The van der Waals surface area contributed by atoms with Crippen LogP contribution in [0.1, 0.15) is 17.9 Å². The molecule has 19 heavy (non-hydrogen) atoms. The fraction of sp³-hybridized carbons (Fsp3) is 0.429. The fourth-order valence-corrected chi connectivity index (χ4v) is 2.67. The Balaban J connectivity index is 1.61. The van der Waals surface area contributed by atoms with Crippen molar-refractivity contribution in [2.24, 2.45) is 5.92 Å². The summed E-state index contributed by atoms with van der Waals surface area (Å²) in [6, 6.07) is 8.75. The smallest absolute Gasteiger partial charge is 0.318 e. The second kappa shape index (κ2) is 5.21. The number of aromatic nitrogens is 2. The van der Waals surface area contributed by atoms with Gasteiger partial charge in [-0.2, -0.15) is 0 Å². The Kier molecular flexibility index (Phi) is 3.42. The van der Waals surface area contributed by atoms with Crippen molar-refractivity contribution < 1.29 is 4.42 Å². The summed E-state index contributed by atoms with van der Waals surface area (Å²) in [4.78, 5) is 2.17. The van der Waals surface area contributed by atoms with E-state index in [9.17, 15) is 0 Å². The zero-order valence-electron chi connectivity index (χ0n) is 10.8. The number of halogens is 1. The highest BCUT2D eigenvalue weighted by Crippen LogP contribution is 2.25. The van der Waals surface area contributed by atoms with Crippen molar-refractivity contribution in [1.29, 1.82) is 0 Å². The Morgan fingerprint density at radius 1 is 1.32 bits per heavy atom. The lowest BCUT2D eigenvalue weighted by Gasteiger charge is -2.13. The van der Waals surface area contributed by atoms with Crippen LogP contribution in [-0.4, -0.2) is 23.3 Å². The van der Waals surface area contributed by atoms with Crippen LogP contribution in [0.15, 0.2) is 28.7 Å². The minimum absolute atomic E-state index is 0.621. The molecule has 5 heteroatoms. The molecule has 1 atom stereocenters. The number of aryl methyl sites for hydroxylation is 1. The summed E-state index contributed by atoms with van der Waals surface area (Å²) in [5.74, 6) is 1.25. The van der Waals surface area contributed by atoms with Crippen molar-refractivity contribution in [2.75, 3.05) is 18.0 Å². The summed E-state index contributed by atoms with van der Waals surface area (Å²) in [6.45, 7) is 3.78.